The fraction of sp³-hybridized carbons (Fsp3) is 0.211. The summed E-state index contributed by atoms with van der Waals surface area (Å²) >= 11 is 1.50. The Hall–Kier alpha value is -2.52. The molecule has 1 N–H and O–H groups in total. The number of halogens is 2. The van der Waals surface area contributed by atoms with Gasteiger partial charge in [0.15, 0.2) is 0 Å². The molecule has 0 aliphatic carbocycles. The summed E-state index contributed by atoms with van der Waals surface area (Å²) in [5.74, 6) is -1.69. The van der Waals surface area contributed by atoms with Crippen molar-refractivity contribution in [2.75, 3.05) is 11.0 Å². The van der Waals surface area contributed by atoms with Gasteiger partial charge in [-0.1, -0.05) is 18.0 Å². The number of aromatic nitrogens is 1. The molecule has 0 radical (unpaired) electrons. The molecular formula is C19H17F2N3S. The number of benzene rings is 2. The Morgan fingerprint density at radius 2 is 1.84 bits per heavy atom. The Morgan fingerprint density at radius 1 is 1.16 bits per heavy atom. The second-order valence-corrected chi connectivity index (χ2v) is 6.62. The number of anilines is 1. The zero-order chi connectivity index (χ0) is 18.1. The minimum Gasteiger partial charge on any atom is -0.344 e. The molecule has 3 nitrogen and oxygen atoms in total. The van der Waals surface area contributed by atoms with Crippen molar-refractivity contribution in [1.82, 2.24) is 4.57 Å². The lowest BCUT2D eigenvalue weighted by Gasteiger charge is -2.10. The first-order chi connectivity index (χ1) is 12.0. The first-order valence-corrected chi connectivity index (χ1v) is 9.01. The SMILES string of the molecule is CSNc1ccc2c(-c3cc(F)c(C#N)c(F)c3)cn(C(C)C)c2c1. The van der Waals surface area contributed by atoms with Gasteiger partial charge in [-0.3, -0.25) is 0 Å². The number of hydrogen-bond donors (Lipinski definition) is 1. The van der Waals surface area contributed by atoms with Gasteiger partial charge in [-0.05, 0) is 43.7 Å². The molecule has 0 spiro atoms. The summed E-state index contributed by atoms with van der Waals surface area (Å²) in [4.78, 5) is 0. The molecule has 0 bridgehead atoms. The van der Waals surface area contributed by atoms with Gasteiger partial charge in [0.2, 0.25) is 0 Å². The summed E-state index contributed by atoms with van der Waals surface area (Å²) in [5, 5.41) is 9.75. The van der Waals surface area contributed by atoms with Crippen molar-refractivity contribution in [1.29, 1.82) is 5.26 Å². The second kappa shape index (κ2) is 6.77. The Morgan fingerprint density at radius 3 is 2.40 bits per heavy atom. The molecular weight excluding hydrogens is 340 g/mol. The van der Waals surface area contributed by atoms with Crippen molar-refractivity contribution in [2.24, 2.45) is 0 Å². The minimum atomic E-state index is -0.844. The number of nitrogens with one attached hydrogen (secondary N) is 1. The van der Waals surface area contributed by atoms with Crippen molar-refractivity contribution in [3.05, 3.63) is 53.7 Å². The molecule has 6 heteroatoms. The van der Waals surface area contributed by atoms with Crippen LogP contribution in [-0.4, -0.2) is 10.8 Å². The standard InChI is InChI=1S/C19H17F2N3S/c1-11(2)24-10-16(12-6-17(20)15(9-22)18(21)7-12)14-5-4-13(23-25-3)8-19(14)24/h4-8,10-11,23H,1-3H3. The van der Waals surface area contributed by atoms with E-state index < -0.39 is 17.2 Å². The van der Waals surface area contributed by atoms with E-state index in [-0.39, 0.29) is 6.04 Å². The lowest BCUT2D eigenvalue weighted by atomic mass is 10.0. The van der Waals surface area contributed by atoms with Gasteiger partial charge in [-0.25, -0.2) is 8.78 Å². The van der Waals surface area contributed by atoms with E-state index in [1.54, 1.807) is 6.07 Å². The maximum Gasteiger partial charge on any atom is 0.144 e. The number of nitrogens with zero attached hydrogens (tertiary/aromatic N) is 2. The molecule has 0 fully saturated rings. The van der Waals surface area contributed by atoms with Crippen LogP contribution in [0.3, 0.4) is 0 Å². The number of rotatable bonds is 4. The van der Waals surface area contributed by atoms with E-state index in [0.29, 0.717) is 5.56 Å². The summed E-state index contributed by atoms with van der Waals surface area (Å²) in [7, 11) is 0. The van der Waals surface area contributed by atoms with Gasteiger partial charge in [-0.15, -0.1) is 0 Å². The fourth-order valence-electron chi connectivity index (χ4n) is 2.93. The highest BCUT2D eigenvalue weighted by atomic mass is 32.2. The highest BCUT2D eigenvalue weighted by Crippen LogP contribution is 2.35. The van der Waals surface area contributed by atoms with Crippen molar-refractivity contribution in [3.63, 3.8) is 0 Å². The Kier molecular flexibility index (Phi) is 4.69. The minimum absolute atomic E-state index is 0.189. The zero-order valence-corrected chi connectivity index (χ0v) is 14.9. The van der Waals surface area contributed by atoms with Gasteiger partial charge in [0.05, 0.1) is 5.52 Å². The topological polar surface area (TPSA) is 40.8 Å². The van der Waals surface area contributed by atoms with Crippen LogP contribution in [0.4, 0.5) is 14.5 Å². The summed E-state index contributed by atoms with van der Waals surface area (Å²) in [5.41, 5.74) is 2.55. The van der Waals surface area contributed by atoms with Crippen LogP contribution in [-0.2, 0) is 0 Å². The molecule has 3 rings (SSSR count). The van der Waals surface area contributed by atoms with Gasteiger partial charge in [-0.2, -0.15) is 5.26 Å². The summed E-state index contributed by atoms with van der Waals surface area (Å²) in [6, 6.07) is 10.1. The third-order valence-corrected chi connectivity index (χ3v) is 4.52. The molecule has 2 aromatic carbocycles. The van der Waals surface area contributed by atoms with Crippen LogP contribution in [0, 0.1) is 23.0 Å². The number of fused-ring (bicyclic) bond motifs is 1. The van der Waals surface area contributed by atoms with E-state index in [0.717, 1.165) is 22.2 Å². The van der Waals surface area contributed by atoms with E-state index in [2.05, 4.69) is 23.1 Å². The molecule has 0 unspecified atom stereocenters. The molecule has 1 aromatic heterocycles. The van der Waals surface area contributed by atoms with Gasteiger partial charge in [0, 0.05) is 35.1 Å². The first-order valence-electron chi connectivity index (χ1n) is 7.79. The average Bonchev–Trinajstić information content (AvgIpc) is 2.94. The van der Waals surface area contributed by atoms with Gasteiger partial charge < -0.3 is 9.29 Å². The van der Waals surface area contributed by atoms with Crippen LogP contribution in [0.1, 0.15) is 25.5 Å². The lowest BCUT2D eigenvalue weighted by Crippen LogP contribution is -1.98. The van der Waals surface area contributed by atoms with E-state index >= 15 is 0 Å². The predicted octanol–water partition coefficient (Wildman–Crippen LogP) is 5.73. The van der Waals surface area contributed by atoms with Crippen LogP contribution in [0.5, 0.6) is 0 Å². The van der Waals surface area contributed by atoms with Gasteiger partial charge in [0.1, 0.15) is 23.3 Å². The van der Waals surface area contributed by atoms with Crippen LogP contribution in [0.25, 0.3) is 22.0 Å². The van der Waals surface area contributed by atoms with Crippen LogP contribution in [0.15, 0.2) is 36.5 Å². The average molecular weight is 357 g/mol. The third-order valence-electron chi connectivity index (χ3n) is 4.08. The van der Waals surface area contributed by atoms with Crippen molar-refractivity contribution in [3.8, 4) is 17.2 Å². The maximum absolute atomic E-state index is 14.0. The van der Waals surface area contributed by atoms with Gasteiger partial charge in [0.25, 0.3) is 0 Å². The maximum atomic E-state index is 14.0. The van der Waals surface area contributed by atoms with E-state index in [1.165, 1.54) is 24.1 Å². The molecule has 0 atom stereocenters. The van der Waals surface area contributed by atoms with Gasteiger partial charge >= 0.3 is 0 Å². The van der Waals surface area contributed by atoms with Crippen LogP contribution in [0.2, 0.25) is 0 Å². The van der Waals surface area contributed by atoms with Crippen molar-refractivity contribution in [2.45, 2.75) is 19.9 Å². The summed E-state index contributed by atoms with van der Waals surface area (Å²) < 4.78 is 33.4. The highest BCUT2D eigenvalue weighted by molar-refractivity contribution is 7.99. The number of nitriles is 1. The molecule has 0 amide bonds. The number of hydrogen-bond acceptors (Lipinski definition) is 3. The molecule has 0 saturated carbocycles. The van der Waals surface area contributed by atoms with Crippen LogP contribution < -0.4 is 4.72 Å². The third kappa shape index (κ3) is 3.08. The second-order valence-electron chi connectivity index (χ2n) is 6.01. The van der Waals surface area contributed by atoms with E-state index in [4.69, 9.17) is 5.26 Å². The highest BCUT2D eigenvalue weighted by Gasteiger charge is 2.17. The molecule has 128 valence electrons. The fourth-order valence-corrected chi connectivity index (χ4v) is 3.29. The van der Waals surface area contributed by atoms with E-state index in [9.17, 15) is 8.78 Å². The smallest absolute Gasteiger partial charge is 0.144 e. The Labute approximate surface area is 149 Å². The molecule has 0 aliphatic heterocycles. The van der Waals surface area contributed by atoms with Crippen molar-refractivity contribution < 1.29 is 8.78 Å². The summed E-state index contributed by atoms with van der Waals surface area (Å²) in [6.45, 7) is 4.11. The zero-order valence-electron chi connectivity index (χ0n) is 14.1. The van der Waals surface area contributed by atoms with E-state index in [1.807, 2.05) is 30.7 Å². The Balaban J connectivity index is 2.25. The summed E-state index contributed by atoms with van der Waals surface area (Å²) in [6.07, 6.45) is 3.85. The molecule has 25 heavy (non-hydrogen) atoms. The Bertz CT molecular complexity index is 963. The monoisotopic (exact) mass is 357 g/mol. The largest absolute Gasteiger partial charge is 0.344 e. The first kappa shape index (κ1) is 17.3. The molecule has 0 saturated heterocycles. The predicted molar refractivity (Wildman–Crippen MR) is 99.5 cm³/mol. The quantitative estimate of drug-likeness (QED) is 0.606. The molecule has 1 heterocycles. The normalized spacial score (nSPS) is 11.1. The van der Waals surface area contributed by atoms with Crippen molar-refractivity contribution >= 4 is 28.5 Å². The lowest BCUT2D eigenvalue weighted by molar-refractivity contribution is 0.577. The molecule has 0 aliphatic rings. The molecule has 3 aromatic rings. The van der Waals surface area contributed by atoms with Crippen LogP contribution >= 0.6 is 11.9 Å².